The maximum Gasteiger partial charge on any atom is 0.257 e. The molecule has 0 saturated carbocycles. The number of benzene rings is 2. The molecular weight excluding hydrogens is 444 g/mol. The van der Waals surface area contributed by atoms with Gasteiger partial charge in [0.25, 0.3) is 5.91 Å². The molecule has 1 aliphatic heterocycles. The summed E-state index contributed by atoms with van der Waals surface area (Å²) in [5.74, 6) is -1.72. The summed E-state index contributed by atoms with van der Waals surface area (Å²) >= 11 is 0. The van der Waals surface area contributed by atoms with Gasteiger partial charge in [0.15, 0.2) is 5.84 Å². The highest BCUT2D eigenvalue weighted by Crippen LogP contribution is 2.24. The maximum absolute atomic E-state index is 13.9. The minimum Gasteiger partial charge on any atom is -0.409 e. The molecule has 2 aromatic rings. The molecule has 1 fully saturated rings. The standard InChI is InChI=1S/C27H33N4O4/c1-4-19(3)24(28)27(34)30-16-8-11-22(30)26(33)31(23(32)17-20-9-6-5-7-10-20)25(29-35)21-14-12-18(2)13-15-21/h5-7,9-10,12-15,19,22,24,35H,2,4,8,11,16-17,28H2,1,3H3/t19-,22-,24-/m0/s1. The SMILES string of the molecule is [CH2]c1ccc(C(=NO)N(C(=O)Cc2ccccc2)C(=O)[C@@H]2CCCN2C(=O)[C@@H](N)[C@@H](C)CC)cc1. The van der Waals surface area contributed by atoms with Crippen LogP contribution in [0.4, 0.5) is 0 Å². The van der Waals surface area contributed by atoms with E-state index in [2.05, 4.69) is 12.1 Å². The van der Waals surface area contributed by atoms with E-state index in [1.54, 1.807) is 48.5 Å². The number of rotatable bonds is 7. The van der Waals surface area contributed by atoms with Gasteiger partial charge in [-0.15, -0.1) is 0 Å². The van der Waals surface area contributed by atoms with E-state index in [-0.39, 0.29) is 24.1 Å². The van der Waals surface area contributed by atoms with Crippen molar-refractivity contribution in [1.82, 2.24) is 9.80 Å². The van der Waals surface area contributed by atoms with E-state index in [0.717, 1.165) is 16.9 Å². The number of nitrogens with two attached hydrogens (primary N) is 1. The first kappa shape index (κ1) is 26.1. The molecule has 1 aliphatic rings. The molecule has 0 aliphatic carbocycles. The molecule has 3 amide bonds. The Morgan fingerprint density at radius 2 is 1.83 bits per heavy atom. The van der Waals surface area contributed by atoms with Gasteiger partial charge in [0.05, 0.1) is 12.5 Å². The normalized spacial score (nSPS) is 17.7. The highest BCUT2D eigenvalue weighted by atomic mass is 16.4. The summed E-state index contributed by atoms with van der Waals surface area (Å²) in [6, 6.07) is 14.0. The highest BCUT2D eigenvalue weighted by Gasteiger charge is 2.42. The Kier molecular flexibility index (Phi) is 8.76. The molecule has 0 bridgehead atoms. The Morgan fingerprint density at radius 3 is 2.43 bits per heavy atom. The Balaban J connectivity index is 1.97. The van der Waals surface area contributed by atoms with Crippen LogP contribution in [0.2, 0.25) is 0 Å². The van der Waals surface area contributed by atoms with E-state index in [1.807, 2.05) is 19.9 Å². The van der Waals surface area contributed by atoms with E-state index in [4.69, 9.17) is 5.73 Å². The van der Waals surface area contributed by atoms with Gasteiger partial charge in [0.1, 0.15) is 6.04 Å². The Hall–Kier alpha value is -3.52. The topological polar surface area (TPSA) is 116 Å². The molecular formula is C27H33N4O4. The third kappa shape index (κ3) is 5.95. The number of carbonyl (C=O) groups is 3. The third-order valence-corrected chi connectivity index (χ3v) is 6.55. The molecule has 1 saturated heterocycles. The summed E-state index contributed by atoms with van der Waals surface area (Å²) in [5.41, 5.74) is 8.00. The van der Waals surface area contributed by atoms with Gasteiger partial charge in [-0.25, -0.2) is 4.90 Å². The van der Waals surface area contributed by atoms with Crippen molar-refractivity contribution in [2.75, 3.05) is 6.54 Å². The van der Waals surface area contributed by atoms with E-state index in [1.165, 1.54) is 4.90 Å². The van der Waals surface area contributed by atoms with Crippen LogP contribution in [0.1, 0.15) is 49.8 Å². The number of hydrogen-bond acceptors (Lipinski definition) is 6. The number of carbonyl (C=O) groups excluding carboxylic acids is 3. The van der Waals surface area contributed by atoms with Gasteiger partial charge in [-0.2, -0.15) is 0 Å². The fraction of sp³-hybridized carbons (Fsp3) is 0.370. The second-order valence-electron chi connectivity index (χ2n) is 8.95. The van der Waals surface area contributed by atoms with Crippen LogP contribution in [-0.2, 0) is 20.8 Å². The van der Waals surface area contributed by atoms with E-state index < -0.39 is 23.9 Å². The number of hydrogen-bond donors (Lipinski definition) is 2. The summed E-state index contributed by atoms with van der Waals surface area (Å²) in [7, 11) is 0. The number of imide groups is 1. The number of amides is 3. The van der Waals surface area contributed by atoms with Gasteiger partial charge < -0.3 is 15.8 Å². The molecule has 8 nitrogen and oxygen atoms in total. The number of amidine groups is 1. The van der Waals surface area contributed by atoms with Gasteiger partial charge in [0, 0.05) is 12.1 Å². The average Bonchev–Trinajstić information content (AvgIpc) is 3.36. The van der Waals surface area contributed by atoms with Crippen molar-refractivity contribution in [2.24, 2.45) is 16.8 Å². The summed E-state index contributed by atoms with van der Waals surface area (Å²) in [4.78, 5) is 42.9. The van der Waals surface area contributed by atoms with Gasteiger partial charge in [0.2, 0.25) is 11.8 Å². The molecule has 0 spiro atoms. The van der Waals surface area contributed by atoms with Crippen molar-refractivity contribution in [3.05, 3.63) is 78.2 Å². The van der Waals surface area contributed by atoms with Crippen molar-refractivity contribution in [3.8, 4) is 0 Å². The summed E-state index contributed by atoms with van der Waals surface area (Å²) in [6.45, 7) is 8.07. The maximum atomic E-state index is 13.9. The van der Waals surface area contributed by atoms with Crippen molar-refractivity contribution in [3.63, 3.8) is 0 Å². The molecule has 2 aromatic carbocycles. The molecule has 0 aromatic heterocycles. The summed E-state index contributed by atoms with van der Waals surface area (Å²) in [5, 5.41) is 13.3. The monoisotopic (exact) mass is 477 g/mol. The van der Waals surface area contributed by atoms with Crippen molar-refractivity contribution in [1.29, 1.82) is 0 Å². The Bertz CT molecular complexity index is 1070. The highest BCUT2D eigenvalue weighted by molar-refractivity contribution is 6.20. The third-order valence-electron chi connectivity index (χ3n) is 6.55. The molecule has 3 N–H and O–H groups in total. The van der Waals surface area contributed by atoms with E-state index >= 15 is 0 Å². The number of nitrogens with zero attached hydrogens (tertiary/aromatic N) is 3. The van der Waals surface area contributed by atoms with Crippen molar-refractivity contribution >= 4 is 23.6 Å². The van der Waals surface area contributed by atoms with E-state index in [0.29, 0.717) is 30.5 Å². The number of oxime groups is 1. The fourth-order valence-corrected chi connectivity index (χ4v) is 4.21. The second-order valence-corrected chi connectivity index (χ2v) is 8.95. The average molecular weight is 478 g/mol. The van der Waals surface area contributed by atoms with Crippen LogP contribution in [0.25, 0.3) is 0 Å². The van der Waals surface area contributed by atoms with Crippen LogP contribution in [0, 0.1) is 12.8 Å². The molecule has 8 heteroatoms. The largest absolute Gasteiger partial charge is 0.409 e. The van der Waals surface area contributed by atoms with Gasteiger partial charge in [-0.1, -0.05) is 80.0 Å². The minimum atomic E-state index is -0.874. The van der Waals surface area contributed by atoms with Crippen LogP contribution < -0.4 is 5.73 Å². The van der Waals surface area contributed by atoms with Crippen molar-refractivity contribution in [2.45, 2.75) is 51.6 Å². The first-order valence-electron chi connectivity index (χ1n) is 11.9. The Morgan fingerprint density at radius 1 is 1.17 bits per heavy atom. The van der Waals surface area contributed by atoms with Crippen LogP contribution in [0.3, 0.4) is 0 Å². The predicted octanol–water partition coefficient (Wildman–Crippen LogP) is 2.97. The van der Waals surface area contributed by atoms with Crippen LogP contribution in [0.5, 0.6) is 0 Å². The molecule has 1 radical (unpaired) electrons. The van der Waals surface area contributed by atoms with Crippen LogP contribution in [-0.4, -0.2) is 57.2 Å². The van der Waals surface area contributed by atoms with Crippen LogP contribution in [0.15, 0.2) is 59.8 Å². The predicted molar refractivity (Wildman–Crippen MR) is 133 cm³/mol. The summed E-state index contributed by atoms with van der Waals surface area (Å²) < 4.78 is 0. The zero-order chi connectivity index (χ0) is 25.5. The van der Waals surface area contributed by atoms with Crippen LogP contribution >= 0.6 is 0 Å². The molecule has 35 heavy (non-hydrogen) atoms. The summed E-state index contributed by atoms with van der Waals surface area (Å²) in [6.07, 6.45) is 1.65. The first-order chi connectivity index (χ1) is 16.8. The van der Waals surface area contributed by atoms with E-state index in [9.17, 15) is 19.6 Å². The lowest BCUT2D eigenvalue weighted by Crippen LogP contribution is -2.56. The van der Waals surface area contributed by atoms with Crippen molar-refractivity contribution < 1.29 is 19.6 Å². The molecule has 3 atom stereocenters. The van der Waals surface area contributed by atoms with Gasteiger partial charge >= 0.3 is 0 Å². The number of likely N-dealkylation sites (tertiary alicyclic amines) is 1. The quantitative estimate of drug-likeness (QED) is 0.275. The lowest BCUT2D eigenvalue weighted by molar-refractivity contribution is -0.147. The lowest BCUT2D eigenvalue weighted by atomic mass is 9.98. The molecule has 3 rings (SSSR count). The zero-order valence-corrected chi connectivity index (χ0v) is 20.3. The van der Waals surface area contributed by atoms with Gasteiger partial charge in [-0.3, -0.25) is 14.4 Å². The second kappa shape index (κ2) is 11.8. The molecule has 0 unspecified atom stereocenters. The first-order valence-corrected chi connectivity index (χ1v) is 11.9. The molecule has 185 valence electrons. The smallest absolute Gasteiger partial charge is 0.257 e. The Labute approximate surface area is 206 Å². The minimum absolute atomic E-state index is 0.0506. The molecule has 1 heterocycles. The lowest BCUT2D eigenvalue weighted by Gasteiger charge is -2.32. The van der Waals surface area contributed by atoms with Gasteiger partial charge in [-0.05, 0) is 36.8 Å². The fourth-order valence-electron chi connectivity index (χ4n) is 4.21. The zero-order valence-electron chi connectivity index (χ0n) is 20.3.